The molecule has 0 spiro atoms. The minimum atomic E-state index is -0.882. The van der Waals surface area contributed by atoms with Gasteiger partial charge >= 0.3 is 11.9 Å². The van der Waals surface area contributed by atoms with E-state index in [2.05, 4.69) is 15.9 Å². The Morgan fingerprint density at radius 1 is 1.25 bits per heavy atom. The molecule has 1 aromatic carbocycles. The molecule has 9 nitrogen and oxygen atoms in total. The van der Waals surface area contributed by atoms with E-state index in [9.17, 15) is 14.9 Å². The molecule has 0 saturated carbocycles. The van der Waals surface area contributed by atoms with Crippen molar-refractivity contribution < 1.29 is 33.3 Å². The summed E-state index contributed by atoms with van der Waals surface area (Å²) in [5.41, 5.74) is 6.65. The lowest BCUT2D eigenvalue weighted by Gasteiger charge is -2.28. The zero-order valence-electron chi connectivity index (χ0n) is 18.5. The minimum absolute atomic E-state index is 0.0509. The molecule has 10 heteroatoms. The summed E-state index contributed by atoms with van der Waals surface area (Å²) in [6, 6.07) is 5.21. The Morgan fingerprint density at radius 2 is 1.91 bits per heavy atom. The smallest absolute Gasteiger partial charge is 0.347 e. The van der Waals surface area contributed by atoms with Crippen LogP contribution in [0.1, 0.15) is 39.2 Å². The van der Waals surface area contributed by atoms with Gasteiger partial charge in [0.25, 0.3) is 0 Å². The molecule has 0 bridgehead atoms. The average molecular weight is 509 g/mol. The Labute approximate surface area is 194 Å². The predicted molar refractivity (Wildman–Crippen MR) is 117 cm³/mol. The first-order chi connectivity index (χ1) is 15.2. The second kappa shape index (κ2) is 10.9. The quantitative estimate of drug-likeness (QED) is 0.524. The van der Waals surface area contributed by atoms with Crippen LogP contribution in [0.3, 0.4) is 0 Å². The van der Waals surface area contributed by atoms with Gasteiger partial charge < -0.3 is 29.4 Å². The van der Waals surface area contributed by atoms with E-state index in [1.807, 2.05) is 6.07 Å². The number of nitrogens with two attached hydrogens (primary N) is 1. The van der Waals surface area contributed by atoms with Crippen molar-refractivity contribution in [3.8, 4) is 17.6 Å². The molecule has 0 radical (unpaired) electrons. The van der Waals surface area contributed by atoms with E-state index < -0.39 is 24.0 Å². The number of halogens is 1. The summed E-state index contributed by atoms with van der Waals surface area (Å²) in [5, 5.41) is 9.75. The third-order valence-corrected chi connectivity index (χ3v) is 5.30. The van der Waals surface area contributed by atoms with Crippen molar-refractivity contribution in [1.82, 2.24) is 0 Å². The first kappa shape index (κ1) is 25.1. The highest BCUT2D eigenvalue weighted by molar-refractivity contribution is 9.10. The van der Waals surface area contributed by atoms with Crippen LogP contribution in [0, 0.1) is 11.3 Å². The third kappa shape index (κ3) is 5.16. The highest BCUT2D eigenvalue weighted by Crippen LogP contribution is 2.45. The maximum Gasteiger partial charge on any atom is 0.347 e. The van der Waals surface area contributed by atoms with Gasteiger partial charge in [0, 0.05) is 4.47 Å². The minimum Gasteiger partial charge on any atom is -0.493 e. The van der Waals surface area contributed by atoms with Gasteiger partial charge in [0.2, 0.25) is 5.88 Å². The van der Waals surface area contributed by atoms with E-state index >= 15 is 0 Å². The average Bonchev–Trinajstić information content (AvgIpc) is 2.73. The summed E-state index contributed by atoms with van der Waals surface area (Å²) in [6.45, 7) is 6.88. The van der Waals surface area contributed by atoms with Gasteiger partial charge in [-0.3, -0.25) is 0 Å². The standard InChI is InChI=1S/C22H25BrN2O7/c1-6-29-21(26)12(4)31-17-9-15(23)13(8-16(17)28-5)19-14(10-24)20(25)32-11(3)18(19)22(27)30-7-2/h8-9,12,19H,6-7,25H2,1-5H3. The SMILES string of the molecule is CCOC(=O)C1=C(C)OC(N)=C(C#N)C1c1cc(OC)c(OC(C)C(=O)OCC)cc1Br. The topological polar surface area (TPSA) is 130 Å². The van der Waals surface area contributed by atoms with Crippen LogP contribution < -0.4 is 15.2 Å². The van der Waals surface area contributed by atoms with E-state index in [4.69, 9.17) is 29.4 Å². The highest BCUT2D eigenvalue weighted by Gasteiger charge is 2.38. The number of esters is 2. The molecular weight excluding hydrogens is 484 g/mol. The largest absolute Gasteiger partial charge is 0.493 e. The Morgan fingerprint density at radius 3 is 2.47 bits per heavy atom. The third-order valence-electron chi connectivity index (χ3n) is 4.62. The van der Waals surface area contributed by atoms with E-state index in [1.165, 1.54) is 7.11 Å². The lowest BCUT2D eigenvalue weighted by Crippen LogP contribution is -2.27. The van der Waals surface area contributed by atoms with Gasteiger partial charge in [0.05, 0.1) is 31.8 Å². The van der Waals surface area contributed by atoms with E-state index in [1.54, 1.807) is 39.8 Å². The second-order valence-electron chi connectivity index (χ2n) is 6.65. The second-order valence-corrected chi connectivity index (χ2v) is 7.51. The summed E-state index contributed by atoms with van der Waals surface area (Å²) >= 11 is 3.48. The van der Waals surface area contributed by atoms with Crippen molar-refractivity contribution in [3.05, 3.63) is 45.0 Å². The number of nitrogens with zero attached hydrogens (tertiary/aromatic N) is 1. The lowest BCUT2D eigenvalue weighted by atomic mass is 9.83. The van der Waals surface area contributed by atoms with Gasteiger partial charge in [0.1, 0.15) is 17.4 Å². The van der Waals surface area contributed by atoms with Crippen LogP contribution in [0.25, 0.3) is 0 Å². The van der Waals surface area contributed by atoms with E-state index in [0.29, 0.717) is 10.0 Å². The van der Waals surface area contributed by atoms with Crippen molar-refractivity contribution in [2.75, 3.05) is 20.3 Å². The summed E-state index contributed by atoms with van der Waals surface area (Å²) in [7, 11) is 1.43. The lowest BCUT2D eigenvalue weighted by molar-refractivity contribution is -0.150. The molecule has 1 aromatic rings. The first-order valence-electron chi connectivity index (χ1n) is 9.86. The number of carbonyl (C=O) groups is 2. The number of allylic oxidation sites excluding steroid dienone is 2. The van der Waals surface area contributed by atoms with Crippen LogP contribution in [0.4, 0.5) is 0 Å². The fraction of sp³-hybridized carbons (Fsp3) is 0.409. The number of hydrogen-bond acceptors (Lipinski definition) is 9. The number of ether oxygens (including phenoxy) is 5. The zero-order valence-corrected chi connectivity index (χ0v) is 20.1. The van der Waals surface area contributed by atoms with Crippen LogP contribution in [-0.4, -0.2) is 38.4 Å². The number of methoxy groups -OCH3 is 1. The number of benzene rings is 1. The fourth-order valence-corrected chi connectivity index (χ4v) is 3.74. The van der Waals surface area contributed by atoms with Crippen LogP contribution in [0.15, 0.2) is 39.4 Å². The maximum absolute atomic E-state index is 12.7. The summed E-state index contributed by atoms with van der Waals surface area (Å²) in [5.74, 6) is -1.35. The van der Waals surface area contributed by atoms with Gasteiger partial charge in [-0.1, -0.05) is 15.9 Å². The first-order valence-corrected chi connectivity index (χ1v) is 10.6. The highest BCUT2D eigenvalue weighted by atomic mass is 79.9. The molecule has 0 fully saturated rings. The number of carbonyl (C=O) groups excluding carboxylic acids is 2. The molecule has 1 heterocycles. The van der Waals surface area contributed by atoms with Crippen LogP contribution in [0.2, 0.25) is 0 Å². The molecule has 2 N–H and O–H groups in total. The van der Waals surface area contributed by atoms with E-state index in [0.717, 1.165) is 0 Å². The van der Waals surface area contributed by atoms with Gasteiger partial charge in [-0.15, -0.1) is 0 Å². The van der Waals surface area contributed by atoms with Crippen molar-refractivity contribution in [1.29, 1.82) is 5.26 Å². The Kier molecular flexibility index (Phi) is 8.55. The molecule has 1 aliphatic rings. The number of rotatable bonds is 8. The van der Waals surface area contributed by atoms with Gasteiger partial charge in [-0.25, -0.2) is 9.59 Å². The number of nitriles is 1. The van der Waals surface area contributed by atoms with Gasteiger partial charge in [-0.2, -0.15) is 5.26 Å². The molecule has 2 unspecified atom stereocenters. The fourth-order valence-electron chi connectivity index (χ4n) is 3.19. The molecule has 0 aliphatic carbocycles. The summed E-state index contributed by atoms with van der Waals surface area (Å²) < 4.78 is 27.2. The van der Waals surface area contributed by atoms with Crippen LogP contribution in [0.5, 0.6) is 11.5 Å². The van der Waals surface area contributed by atoms with Gasteiger partial charge in [-0.05, 0) is 45.4 Å². The Hall–Kier alpha value is -3.19. The molecule has 32 heavy (non-hydrogen) atoms. The van der Waals surface area contributed by atoms with E-state index in [-0.39, 0.29) is 47.5 Å². The molecule has 0 saturated heterocycles. The maximum atomic E-state index is 12.7. The summed E-state index contributed by atoms with van der Waals surface area (Å²) in [6.07, 6.45) is -0.882. The molecule has 0 aromatic heterocycles. The van der Waals surface area contributed by atoms with Crippen molar-refractivity contribution in [2.24, 2.45) is 5.73 Å². The van der Waals surface area contributed by atoms with Crippen LogP contribution >= 0.6 is 15.9 Å². The van der Waals surface area contributed by atoms with Crippen molar-refractivity contribution in [2.45, 2.75) is 39.7 Å². The normalized spacial score (nSPS) is 16.6. The zero-order chi connectivity index (χ0) is 24.0. The number of hydrogen-bond donors (Lipinski definition) is 1. The molecule has 0 amide bonds. The monoisotopic (exact) mass is 508 g/mol. The summed E-state index contributed by atoms with van der Waals surface area (Å²) in [4.78, 5) is 24.7. The molecule has 1 aliphatic heterocycles. The van der Waals surface area contributed by atoms with Crippen molar-refractivity contribution >= 4 is 27.9 Å². The molecule has 172 valence electrons. The van der Waals surface area contributed by atoms with Gasteiger partial charge in [0.15, 0.2) is 17.6 Å². The Balaban J connectivity index is 2.60. The van der Waals surface area contributed by atoms with Crippen LogP contribution in [-0.2, 0) is 23.8 Å². The van der Waals surface area contributed by atoms with Crippen molar-refractivity contribution in [3.63, 3.8) is 0 Å². The molecule has 2 atom stereocenters. The molecular formula is C22H25BrN2O7. The molecule has 2 rings (SSSR count). The Bertz CT molecular complexity index is 1010. The predicted octanol–water partition coefficient (Wildman–Crippen LogP) is 3.43.